The van der Waals surface area contributed by atoms with Crippen LogP contribution < -0.4 is 0 Å². The predicted molar refractivity (Wildman–Crippen MR) is 94.3 cm³/mol. The maximum Gasteiger partial charge on any atom is 0.352 e. The van der Waals surface area contributed by atoms with Crippen molar-refractivity contribution in [2.24, 2.45) is 0 Å². The third-order valence-corrected chi connectivity index (χ3v) is 4.07. The fraction of sp³-hybridized carbons (Fsp3) is 0.111. The molecule has 0 aliphatic heterocycles. The lowest BCUT2D eigenvalue weighted by molar-refractivity contribution is 0.0686. The second kappa shape index (κ2) is 5.93. The summed E-state index contributed by atoms with van der Waals surface area (Å²) in [7, 11) is 0. The van der Waals surface area contributed by atoms with E-state index in [0.29, 0.717) is 6.54 Å². The number of hydrogen-bond donors (Lipinski definition) is 2. The molecule has 2 heterocycles. The monoisotopic (exact) mass is 324 g/mol. The van der Waals surface area contributed by atoms with Gasteiger partial charge in [0.2, 0.25) is 0 Å². The highest BCUT2D eigenvalue weighted by molar-refractivity contribution is 7.80. The Labute approximate surface area is 139 Å². The molecule has 4 nitrogen and oxygen atoms in total. The number of aromatic carboxylic acids is 1. The van der Waals surface area contributed by atoms with E-state index in [1.54, 1.807) is 22.9 Å². The molecule has 3 rings (SSSR count). The summed E-state index contributed by atoms with van der Waals surface area (Å²) in [6.45, 7) is 6.08. The highest BCUT2D eigenvalue weighted by Crippen LogP contribution is 2.28. The Morgan fingerprint density at radius 1 is 1.39 bits per heavy atom. The largest absolute Gasteiger partial charge is 0.477 e. The van der Waals surface area contributed by atoms with Crippen LogP contribution in [0.5, 0.6) is 0 Å². The standard InChI is InChI=1S/C18H16N2O2S/c1-3-12-4-5-19-14(8-12)10-20-15(18(21)22)9-13-6-11(2)7-16(23)17(13)20/h3-9,23H,1,10H2,2H3,(H,21,22). The van der Waals surface area contributed by atoms with Crippen molar-refractivity contribution in [1.82, 2.24) is 9.55 Å². The Bertz CT molecular complexity index is 928. The Morgan fingerprint density at radius 2 is 2.17 bits per heavy atom. The molecular weight excluding hydrogens is 308 g/mol. The van der Waals surface area contributed by atoms with Gasteiger partial charge in [-0.25, -0.2) is 4.79 Å². The van der Waals surface area contributed by atoms with E-state index >= 15 is 0 Å². The lowest BCUT2D eigenvalue weighted by Crippen LogP contribution is -2.10. The molecular formula is C18H16N2O2S. The van der Waals surface area contributed by atoms with Gasteiger partial charge in [0.15, 0.2) is 0 Å². The first-order valence-corrected chi connectivity index (χ1v) is 7.58. The van der Waals surface area contributed by atoms with Gasteiger partial charge in [-0.2, -0.15) is 0 Å². The summed E-state index contributed by atoms with van der Waals surface area (Å²) in [5, 5.41) is 10.4. The van der Waals surface area contributed by atoms with E-state index in [0.717, 1.165) is 32.6 Å². The molecule has 3 aromatic rings. The molecule has 0 atom stereocenters. The van der Waals surface area contributed by atoms with Gasteiger partial charge >= 0.3 is 5.97 Å². The van der Waals surface area contributed by atoms with Crippen molar-refractivity contribution >= 4 is 35.6 Å². The van der Waals surface area contributed by atoms with Crippen LogP contribution in [0.2, 0.25) is 0 Å². The molecule has 0 aliphatic carbocycles. The van der Waals surface area contributed by atoms with Gasteiger partial charge in [-0.3, -0.25) is 4.98 Å². The Balaban J connectivity index is 2.20. The Kier molecular flexibility index (Phi) is 3.96. The normalized spacial score (nSPS) is 10.9. The highest BCUT2D eigenvalue weighted by atomic mass is 32.1. The van der Waals surface area contributed by atoms with Crippen molar-refractivity contribution in [3.05, 3.63) is 65.6 Å². The number of aromatic nitrogens is 2. The number of pyridine rings is 1. The second-order valence-electron chi connectivity index (χ2n) is 5.43. The maximum absolute atomic E-state index is 11.6. The molecule has 23 heavy (non-hydrogen) atoms. The first-order valence-electron chi connectivity index (χ1n) is 7.13. The van der Waals surface area contributed by atoms with Crippen LogP contribution in [0, 0.1) is 6.92 Å². The van der Waals surface area contributed by atoms with E-state index in [2.05, 4.69) is 24.2 Å². The van der Waals surface area contributed by atoms with Gasteiger partial charge in [0.1, 0.15) is 5.69 Å². The first-order chi connectivity index (χ1) is 11.0. The van der Waals surface area contributed by atoms with E-state index < -0.39 is 5.97 Å². The lowest BCUT2D eigenvalue weighted by Gasteiger charge is -2.10. The summed E-state index contributed by atoms with van der Waals surface area (Å²) in [4.78, 5) is 16.7. The van der Waals surface area contributed by atoms with Crippen molar-refractivity contribution in [3.63, 3.8) is 0 Å². The molecule has 0 aliphatic rings. The SMILES string of the molecule is C=Cc1ccnc(Cn2c(C(=O)O)cc3cc(C)cc(S)c32)c1. The molecule has 116 valence electrons. The van der Waals surface area contributed by atoms with E-state index in [1.807, 2.05) is 31.2 Å². The molecule has 0 radical (unpaired) electrons. The molecule has 0 bridgehead atoms. The fourth-order valence-electron chi connectivity index (χ4n) is 2.75. The van der Waals surface area contributed by atoms with Crippen LogP contribution >= 0.6 is 12.6 Å². The van der Waals surface area contributed by atoms with Gasteiger partial charge in [0.25, 0.3) is 0 Å². The van der Waals surface area contributed by atoms with Crippen LogP contribution in [-0.2, 0) is 6.54 Å². The van der Waals surface area contributed by atoms with Crippen LogP contribution in [0.4, 0.5) is 0 Å². The number of carboxylic acids is 1. The van der Waals surface area contributed by atoms with Crippen molar-refractivity contribution in [3.8, 4) is 0 Å². The molecule has 5 heteroatoms. The van der Waals surface area contributed by atoms with Gasteiger partial charge in [0, 0.05) is 16.5 Å². The summed E-state index contributed by atoms with van der Waals surface area (Å²) in [5.41, 5.74) is 3.80. The number of fused-ring (bicyclic) bond motifs is 1. The van der Waals surface area contributed by atoms with Gasteiger partial charge in [-0.05, 0) is 48.4 Å². The number of hydrogen-bond acceptors (Lipinski definition) is 3. The quantitative estimate of drug-likeness (QED) is 0.713. The van der Waals surface area contributed by atoms with E-state index in [-0.39, 0.29) is 5.69 Å². The summed E-state index contributed by atoms with van der Waals surface area (Å²) in [5.74, 6) is -0.966. The van der Waals surface area contributed by atoms with Crippen LogP contribution in [0.15, 0.2) is 48.0 Å². The Hall–Kier alpha value is -2.53. The minimum Gasteiger partial charge on any atom is -0.477 e. The molecule has 0 saturated carbocycles. The number of carbonyl (C=O) groups is 1. The van der Waals surface area contributed by atoms with Crippen molar-refractivity contribution < 1.29 is 9.90 Å². The van der Waals surface area contributed by atoms with Gasteiger partial charge in [-0.1, -0.05) is 12.7 Å². The minimum absolute atomic E-state index is 0.228. The molecule has 1 aromatic carbocycles. The molecule has 2 aromatic heterocycles. The van der Waals surface area contributed by atoms with Crippen molar-refractivity contribution in [2.45, 2.75) is 18.4 Å². The average Bonchev–Trinajstić information content (AvgIpc) is 2.86. The maximum atomic E-state index is 11.6. The average molecular weight is 324 g/mol. The van der Waals surface area contributed by atoms with Gasteiger partial charge < -0.3 is 9.67 Å². The van der Waals surface area contributed by atoms with Crippen molar-refractivity contribution in [1.29, 1.82) is 0 Å². The van der Waals surface area contributed by atoms with Crippen LogP contribution in [0.3, 0.4) is 0 Å². The highest BCUT2D eigenvalue weighted by Gasteiger charge is 2.17. The first kappa shape index (κ1) is 15.4. The van der Waals surface area contributed by atoms with Gasteiger partial charge in [-0.15, -0.1) is 12.6 Å². The lowest BCUT2D eigenvalue weighted by atomic mass is 10.2. The summed E-state index contributed by atoms with van der Waals surface area (Å²) in [6, 6.07) is 9.33. The number of carboxylic acid groups (broad SMARTS) is 1. The molecule has 0 saturated heterocycles. The van der Waals surface area contributed by atoms with Crippen LogP contribution in [0.1, 0.15) is 27.3 Å². The van der Waals surface area contributed by atoms with Crippen LogP contribution in [0.25, 0.3) is 17.0 Å². The van der Waals surface area contributed by atoms with E-state index in [1.165, 1.54) is 0 Å². The molecule has 0 fully saturated rings. The van der Waals surface area contributed by atoms with Crippen LogP contribution in [-0.4, -0.2) is 20.6 Å². The molecule has 0 amide bonds. The minimum atomic E-state index is -0.966. The fourth-order valence-corrected chi connectivity index (χ4v) is 3.20. The number of rotatable bonds is 4. The number of benzene rings is 1. The third-order valence-electron chi connectivity index (χ3n) is 3.73. The topological polar surface area (TPSA) is 55.1 Å². The smallest absolute Gasteiger partial charge is 0.352 e. The molecule has 0 spiro atoms. The third kappa shape index (κ3) is 2.87. The Morgan fingerprint density at radius 3 is 2.87 bits per heavy atom. The summed E-state index contributed by atoms with van der Waals surface area (Å²) >= 11 is 4.53. The van der Waals surface area contributed by atoms with E-state index in [4.69, 9.17) is 0 Å². The summed E-state index contributed by atoms with van der Waals surface area (Å²) in [6.07, 6.45) is 3.44. The second-order valence-corrected chi connectivity index (χ2v) is 5.91. The summed E-state index contributed by atoms with van der Waals surface area (Å²) < 4.78 is 1.74. The zero-order chi connectivity index (χ0) is 16.6. The zero-order valence-corrected chi connectivity index (χ0v) is 13.5. The zero-order valence-electron chi connectivity index (χ0n) is 12.7. The molecule has 0 unspecified atom stereocenters. The van der Waals surface area contributed by atoms with Gasteiger partial charge in [0.05, 0.1) is 17.8 Å². The number of nitrogens with zero attached hydrogens (tertiary/aromatic N) is 2. The molecule has 1 N–H and O–H groups in total. The van der Waals surface area contributed by atoms with Crippen molar-refractivity contribution in [2.75, 3.05) is 0 Å². The predicted octanol–water partition coefficient (Wildman–Crippen LogP) is 4.02. The number of thiol groups is 1. The number of aryl methyl sites for hydroxylation is 1. The van der Waals surface area contributed by atoms with E-state index in [9.17, 15) is 9.90 Å².